The van der Waals surface area contributed by atoms with E-state index in [9.17, 15) is 4.39 Å². The van der Waals surface area contributed by atoms with Gasteiger partial charge in [0, 0.05) is 6.07 Å². The fraction of sp³-hybridized carbons (Fsp3) is 0. The lowest BCUT2D eigenvalue weighted by atomic mass is 10.3. The number of para-hydroxylation sites is 1. The molecule has 0 unspecified atom stereocenters. The molecule has 1 aromatic carbocycles. The van der Waals surface area contributed by atoms with Crippen molar-refractivity contribution in [1.82, 2.24) is 14.6 Å². The van der Waals surface area contributed by atoms with Gasteiger partial charge in [0.1, 0.15) is 16.1 Å². The summed E-state index contributed by atoms with van der Waals surface area (Å²) in [6.45, 7) is 0. The molecule has 0 bridgehead atoms. The number of hydrogen-bond donors (Lipinski definition) is 1. The SMILES string of the molecule is Fc1ccccc1NOc1ccc2ncc(Br)n2n1. The first-order valence-electron chi connectivity index (χ1n) is 5.42. The zero-order valence-corrected chi connectivity index (χ0v) is 11.1. The molecule has 0 aliphatic carbocycles. The fourth-order valence-corrected chi connectivity index (χ4v) is 1.90. The highest BCUT2D eigenvalue weighted by molar-refractivity contribution is 9.10. The third kappa shape index (κ3) is 2.37. The van der Waals surface area contributed by atoms with E-state index < -0.39 is 5.82 Å². The van der Waals surface area contributed by atoms with Crippen LogP contribution in [0, 0.1) is 5.82 Å². The molecule has 0 aliphatic rings. The molecule has 2 heterocycles. The molecular weight excluding hydrogens is 315 g/mol. The number of halogens is 2. The van der Waals surface area contributed by atoms with Crippen molar-refractivity contribution < 1.29 is 9.23 Å². The molecule has 3 rings (SSSR count). The molecule has 7 heteroatoms. The van der Waals surface area contributed by atoms with Gasteiger partial charge in [0.15, 0.2) is 5.65 Å². The van der Waals surface area contributed by atoms with Crippen LogP contribution in [0.5, 0.6) is 5.88 Å². The Kier molecular flexibility index (Phi) is 3.04. The Morgan fingerprint density at radius 1 is 1.21 bits per heavy atom. The lowest BCUT2D eigenvalue weighted by molar-refractivity contribution is 0.377. The van der Waals surface area contributed by atoms with Gasteiger partial charge in [-0.15, -0.1) is 5.10 Å². The van der Waals surface area contributed by atoms with Crippen molar-refractivity contribution in [3.8, 4) is 5.88 Å². The Balaban J connectivity index is 1.82. The third-order valence-corrected chi connectivity index (χ3v) is 2.98. The summed E-state index contributed by atoms with van der Waals surface area (Å²) in [6, 6.07) is 9.61. The second kappa shape index (κ2) is 4.85. The zero-order valence-electron chi connectivity index (χ0n) is 9.55. The summed E-state index contributed by atoms with van der Waals surface area (Å²) in [5.41, 5.74) is 3.45. The first-order valence-corrected chi connectivity index (χ1v) is 6.21. The number of anilines is 1. The molecule has 5 nitrogen and oxygen atoms in total. The summed E-state index contributed by atoms with van der Waals surface area (Å²) in [6.07, 6.45) is 1.64. The highest BCUT2D eigenvalue weighted by atomic mass is 79.9. The van der Waals surface area contributed by atoms with Crippen LogP contribution in [0.1, 0.15) is 0 Å². The molecular formula is C12H8BrFN4O. The van der Waals surface area contributed by atoms with E-state index in [0.717, 1.165) is 0 Å². The van der Waals surface area contributed by atoms with Crippen LogP contribution in [0.4, 0.5) is 10.1 Å². The van der Waals surface area contributed by atoms with E-state index in [1.165, 1.54) is 6.07 Å². The summed E-state index contributed by atoms with van der Waals surface area (Å²) in [5, 5.41) is 4.18. The fourth-order valence-electron chi connectivity index (χ4n) is 1.53. The van der Waals surface area contributed by atoms with Gasteiger partial charge in [-0.3, -0.25) is 0 Å². The van der Waals surface area contributed by atoms with E-state index in [-0.39, 0.29) is 5.69 Å². The van der Waals surface area contributed by atoms with Crippen LogP contribution in [0.3, 0.4) is 0 Å². The topological polar surface area (TPSA) is 51.5 Å². The highest BCUT2D eigenvalue weighted by Crippen LogP contribution is 2.16. The molecule has 0 spiro atoms. The molecule has 3 aromatic rings. The first-order chi connectivity index (χ1) is 9.24. The maximum Gasteiger partial charge on any atom is 0.263 e. The van der Waals surface area contributed by atoms with Crippen molar-refractivity contribution in [1.29, 1.82) is 0 Å². The van der Waals surface area contributed by atoms with E-state index in [1.807, 2.05) is 0 Å². The molecule has 0 fully saturated rings. The first kappa shape index (κ1) is 11.9. The van der Waals surface area contributed by atoms with Crippen LogP contribution in [-0.4, -0.2) is 14.6 Å². The predicted molar refractivity (Wildman–Crippen MR) is 71.3 cm³/mol. The van der Waals surface area contributed by atoms with E-state index >= 15 is 0 Å². The van der Waals surface area contributed by atoms with Crippen LogP contribution in [0.15, 0.2) is 47.2 Å². The van der Waals surface area contributed by atoms with Crippen LogP contribution in [0.2, 0.25) is 0 Å². The van der Waals surface area contributed by atoms with Gasteiger partial charge in [-0.25, -0.2) is 19.4 Å². The van der Waals surface area contributed by atoms with Gasteiger partial charge in [-0.05, 0) is 34.1 Å². The van der Waals surface area contributed by atoms with Crippen LogP contribution >= 0.6 is 15.9 Å². The smallest absolute Gasteiger partial charge is 0.263 e. The minimum atomic E-state index is -0.396. The van der Waals surface area contributed by atoms with Crippen molar-refractivity contribution in [2.75, 3.05) is 5.48 Å². The molecule has 19 heavy (non-hydrogen) atoms. The van der Waals surface area contributed by atoms with Crippen molar-refractivity contribution >= 4 is 27.3 Å². The molecule has 0 radical (unpaired) electrons. The van der Waals surface area contributed by atoms with Crippen molar-refractivity contribution in [3.63, 3.8) is 0 Å². The minimum absolute atomic E-state index is 0.245. The van der Waals surface area contributed by atoms with E-state index in [4.69, 9.17) is 4.84 Å². The van der Waals surface area contributed by atoms with Crippen molar-refractivity contribution in [2.24, 2.45) is 0 Å². The third-order valence-electron chi connectivity index (χ3n) is 2.44. The van der Waals surface area contributed by atoms with Gasteiger partial charge in [0.25, 0.3) is 5.88 Å². The predicted octanol–water partition coefficient (Wildman–Crippen LogP) is 3.04. The second-order valence-electron chi connectivity index (χ2n) is 3.71. The standard InChI is InChI=1S/C12H8BrFN4O/c13-10-7-15-11-5-6-12(16-18(10)11)19-17-9-4-2-1-3-8(9)14/h1-7,17H. The summed E-state index contributed by atoms with van der Waals surface area (Å²) in [5.74, 6) is -0.0955. The maximum absolute atomic E-state index is 13.4. The largest absolute Gasteiger partial charge is 0.360 e. The van der Waals surface area contributed by atoms with Crippen molar-refractivity contribution in [3.05, 3.63) is 53.0 Å². The van der Waals surface area contributed by atoms with Crippen molar-refractivity contribution in [2.45, 2.75) is 0 Å². The average Bonchev–Trinajstić information content (AvgIpc) is 2.79. The molecule has 0 saturated heterocycles. The number of benzene rings is 1. The number of fused-ring (bicyclic) bond motifs is 1. The lowest BCUT2D eigenvalue weighted by Crippen LogP contribution is -2.08. The van der Waals surface area contributed by atoms with E-state index in [2.05, 4.69) is 31.5 Å². The number of imidazole rings is 1. The minimum Gasteiger partial charge on any atom is -0.360 e. The zero-order chi connectivity index (χ0) is 13.2. The van der Waals surface area contributed by atoms with E-state index in [0.29, 0.717) is 16.1 Å². The molecule has 2 aromatic heterocycles. The molecule has 96 valence electrons. The highest BCUT2D eigenvalue weighted by Gasteiger charge is 2.05. The number of nitrogens with zero attached hydrogens (tertiary/aromatic N) is 3. The van der Waals surface area contributed by atoms with E-state index in [1.54, 1.807) is 41.0 Å². The number of nitrogens with one attached hydrogen (secondary N) is 1. The normalized spacial score (nSPS) is 10.6. The quantitative estimate of drug-likeness (QED) is 0.753. The summed E-state index contributed by atoms with van der Waals surface area (Å²) >= 11 is 3.31. The average molecular weight is 323 g/mol. The number of rotatable bonds is 3. The summed E-state index contributed by atoms with van der Waals surface area (Å²) in [7, 11) is 0. The Morgan fingerprint density at radius 3 is 2.89 bits per heavy atom. The van der Waals surface area contributed by atoms with Gasteiger partial charge in [-0.2, -0.15) is 0 Å². The number of aromatic nitrogens is 3. The second-order valence-corrected chi connectivity index (χ2v) is 4.52. The van der Waals surface area contributed by atoms with Gasteiger partial charge < -0.3 is 4.84 Å². The molecule has 0 aliphatic heterocycles. The monoisotopic (exact) mass is 322 g/mol. The van der Waals surface area contributed by atoms with Crippen LogP contribution in [-0.2, 0) is 0 Å². The molecule has 0 atom stereocenters. The van der Waals surface area contributed by atoms with Gasteiger partial charge in [0.2, 0.25) is 0 Å². The number of hydrogen-bond acceptors (Lipinski definition) is 4. The molecule has 1 N–H and O–H groups in total. The van der Waals surface area contributed by atoms with Gasteiger partial charge in [0.05, 0.1) is 6.20 Å². The van der Waals surface area contributed by atoms with Gasteiger partial charge in [-0.1, -0.05) is 12.1 Å². The van der Waals surface area contributed by atoms with Crippen LogP contribution in [0.25, 0.3) is 5.65 Å². The van der Waals surface area contributed by atoms with Crippen LogP contribution < -0.4 is 10.3 Å². The molecule has 0 amide bonds. The van der Waals surface area contributed by atoms with Gasteiger partial charge >= 0.3 is 0 Å². The maximum atomic E-state index is 13.4. The Bertz CT molecular complexity index is 731. The Hall–Kier alpha value is -2.15. The lowest BCUT2D eigenvalue weighted by Gasteiger charge is -2.08. The molecule has 0 saturated carbocycles. The summed E-state index contributed by atoms with van der Waals surface area (Å²) < 4.78 is 15.6. The Morgan fingerprint density at radius 2 is 2.05 bits per heavy atom. The Labute approximate surface area is 116 Å². The summed E-state index contributed by atoms with van der Waals surface area (Å²) in [4.78, 5) is 9.34.